The van der Waals surface area contributed by atoms with Crippen molar-refractivity contribution >= 4 is 22.8 Å². The number of nitrogens with zero attached hydrogens (tertiary/aromatic N) is 4. The quantitative estimate of drug-likeness (QED) is 0.403. The van der Waals surface area contributed by atoms with Gasteiger partial charge in [-0.05, 0) is 56.2 Å². The minimum Gasteiger partial charge on any atom is -0.497 e. The first-order valence-electron chi connectivity index (χ1n) is 11.1. The first-order chi connectivity index (χ1) is 16.1. The van der Waals surface area contributed by atoms with Crippen molar-refractivity contribution in [3.63, 3.8) is 0 Å². The first-order valence-corrected chi connectivity index (χ1v) is 11.1. The monoisotopic (exact) mass is 442 g/mol. The number of rotatable bonds is 8. The molecule has 8 heteroatoms. The molecule has 1 aliphatic carbocycles. The summed E-state index contributed by atoms with van der Waals surface area (Å²) in [5.74, 6) is 2.70. The van der Waals surface area contributed by atoms with Crippen molar-refractivity contribution in [2.45, 2.75) is 25.7 Å². The molecule has 1 fully saturated rings. The van der Waals surface area contributed by atoms with E-state index < -0.39 is 0 Å². The number of carbonyl (C=O) groups is 1. The largest absolute Gasteiger partial charge is 0.497 e. The molecule has 1 saturated carbocycles. The van der Waals surface area contributed by atoms with E-state index in [4.69, 9.17) is 19.8 Å². The average molecular weight is 443 g/mol. The Hall–Kier alpha value is -3.94. The fourth-order valence-corrected chi connectivity index (χ4v) is 3.80. The van der Waals surface area contributed by atoms with Crippen molar-refractivity contribution in [1.82, 2.24) is 25.1 Å². The highest BCUT2D eigenvalue weighted by Crippen LogP contribution is 2.40. The Morgan fingerprint density at radius 1 is 1.06 bits per heavy atom. The van der Waals surface area contributed by atoms with Gasteiger partial charge in [0.15, 0.2) is 5.65 Å². The molecule has 1 aliphatic rings. The van der Waals surface area contributed by atoms with Crippen LogP contribution in [0.5, 0.6) is 5.75 Å². The lowest BCUT2D eigenvalue weighted by molar-refractivity contribution is 0.0955. The number of methoxy groups -OCH3 is 1. The van der Waals surface area contributed by atoms with E-state index in [9.17, 15) is 4.79 Å². The second-order valence-electron chi connectivity index (χ2n) is 8.15. The molecule has 2 aromatic heterocycles. The Kier molecular flexibility index (Phi) is 5.64. The van der Waals surface area contributed by atoms with Crippen LogP contribution in [-0.2, 0) is 0 Å². The van der Waals surface area contributed by atoms with E-state index in [0.717, 1.165) is 52.6 Å². The topological polar surface area (TPSA) is 94.0 Å². The lowest BCUT2D eigenvalue weighted by Gasteiger charge is -2.11. The highest BCUT2D eigenvalue weighted by atomic mass is 16.5. The molecule has 168 valence electrons. The summed E-state index contributed by atoms with van der Waals surface area (Å²) in [7, 11) is 1.65. The Labute approximate surface area is 192 Å². The number of hydrogen-bond acceptors (Lipinski definition) is 6. The predicted octanol–water partition coefficient (Wildman–Crippen LogP) is 3.85. The number of amides is 1. The van der Waals surface area contributed by atoms with E-state index in [1.165, 1.54) is 0 Å². The molecule has 8 nitrogen and oxygen atoms in total. The van der Waals surface area contributed by atoms with Crippen LogP contribution < -0.4 is 15.4 Å². The van der Waals surface area contributed by atoms with Gasteiger partial charge in [0, 0.05) is 24.6 Å². The van der Waals surface area contributed by atoms with Gasteiger partial charge >= 0.3 is 0 Å². The van der Waals surface area contributed by atoms with Crippen LogP contribution in [0.1, 0.15) is 40.6 Å². The van der Waals surface area contributed by atoms with Crippen molar-refractivity contribution in [3.8, 4) is 11.4 Å². The van der Waals surface area contributed by atoms with Crippen molar-refractivity contribution in [3.05, 3.63) is 71.7 Å². The first kappa shape index (κ1) is 20.9. The highest BCUT2D eigenvalue weighted by molar-refractivity contribution is 5.94. The molecular formula is C25H26N6O2. The van der Waals surface area contributed by atoms with Crippen molar-refractivity contribution in [2.75, 3.05) is 25.5 Å². The van der Waals surface area contributed by atoms with Gasteiger partial charge in [0.1, 0.15) is 17.4 Å². The number of hydrogen-bond donors (Lipinski definition) is 2. The van der Waals surface area contributed by atoms with Gasteiger partial charge in [-0.2, -0.15) is 5.10 Å². The van der Waals surface area contributed by atoms with E-state index in [2.05, 4.69) is 10.6 Å². The number of fused-ring (bicyclic) bond motifs is 1. The summed E-state index contributed by atoms with van der Waals surface area (Å²) >= 11 is 0. The minimum atomic E-state index is -0.0904. The van der Waals surface area contributed by atoms with Gasteiger partial charge in [-0.15, -0.1) is 0 Å². The molecule has 2 heterocycles. The third-order valence-corrected chi connectivity index (χ3v) is 5.72. The third-order valence-electron chi connectivity index (χ3n) is 5.72. The summed E-state index contributed by atoms with van der Waals surface area (Å²) in [6.45, 7) is 2.98. The van der Waals surface area contributed by atoms with Gasteiger partial charge in [-0.3, -0.25) is 4.79 Å². The summed E-state index contributed by atoms with van der Waals surface area (Å²) in [6.07, 6.45) is 2.21. The molecule has 0 unspecified atom stereocenters. The van der Waals surface area contributed by atoms with Crippen LogP contribution in [0.15, 0.2) is 54.6 Å². The molecule has 0 aliphatic heterocycles. The molecule has 5 rings (SSSR count). The molecule has 2 aromatic carbocycles. The molecule has 33 heavy (non-hydrogen) atoms. The van der Waals surface area contributed by atoms with Crippen LogP contribution in [0.2, 0.25) is 0 Å². The summed E-state index contributed by atoms with van der Waals surface area (Å²) in [4.78, 5) is 22.0. The maximum atomic E-state index is 12.3. The van der Waals surface area contributed by atoms with Crippen LogP contribution in [0.4, 0.5) is 5.82 Å². The molecular weight excluding hydrogens is 416 g/mol. The van der Waals surface area contributed by atoms with Crippen molar-refractivity contribution in [2.24, 2.45) is 0 Å². The van der Waals surface area contributed by atoms with Crippen LogP contribution in [0.3, 0.4) is 0 Å². The average Bonchev–Trinajstić information content (AvgIpc) is 3.65. The summed E-state index contributed by atoms with van der Waals surface area (Å²) in [6, 6.07) is 17.0. The maximum Gasteiger partial charge on any atom is 0.251 e. The number of ether oxygens (including phenoxy) is 1. The number of benzene rings is 2. The van der Waals surface area contributed by atoms with Crippen LogP contribution in [0, 0.1) is 6.92 Å². The second kappa shape index (κ2) is 8.90. The van der Waals surface area contributed by atoms with E-state index >= 15 is 0 Å². The fraction of sp³-hybridized carbons (Fsp3) is 0.280. The molecule has 0 atom stereocenters. The van der Waals surface area contributed by atoms with Crippen LogP contribution in [0.25, 0.3) is 16.7 Å². The SMILES string of the molecule is COc1ccc(-n2nc(C)c3c(NCCNC(=O)c4ccccc4)nc(C4CC4)nc32)cc1. The van der Waals surface area contributed by atoms with Crippen molar-refractivity contribution < 1.29 is 9.53 Å². The minimum absolute atomic E-state index is 0.0904. The van der Waals surface area contributed by atoms with Gasteiger partial charge in [-0.25, -0.2) is 14.6 Å². The normalized spacial score (nSPS) is 13.2. The number of anilines is 1. The van der Waals surface area contributed by atoms with Crippen LogP contribution in [-0.4, -0.2) is 45.9 Å². The summed E-state index contributed by atoms with van der Waals surface area (Å²) < 4.78 is 7.14. The standard InChI is InChI=1S/C25H26N6O2/c1-16-21-23(26-14-15-27-25(32)18-6-4-3-5-7-18)28-22(17-8-9-17)29-24(21)31(30-16)19-10-12-20(33-2)13-11-19/h3-7,10-13,17H,8-9,14-15H2,1-2H3,(H,27,32)(H,26,28,29). The predicted molar refractivity (Wildman–Crippen MR) is 127 cm³/mol. The molecule has 0 radical (unpaired) electrons. The Bertz CT molecular complexity index is 1280. The van der Waals surface area contributed by atoms with Crippen molar-refractivity contribution in [1.29, 1.82) is 0 Å². The zero-order valence-corrected chi connectivity index (χ0v) is 18.7. The van der Waals surface area contributed by atoms with E-state index in [0.29, 0.717) is 24.6 Å². The second-order valence-corrected chi connectivity index (χ2v) is 8.15. The third kappa shape index (κ3) is 4.37. The number of aromatic nitrogens is 4. The molecule has 0 bridgehead atoms. The lowest BCUT2D eigenvalue weighted by Crippen LogP contribution is -2.29. The Morgan fingerprint density at radius 3 is 2.52 bits per heavy atom. The summed E-state index contributed by atoms with van der Waals surface area (Å²) in [5.41, 5.74) is 3.19. The van der Waals surface area contributed by atoms with Gasteiger partial charge < -0.3 is 15.4 Å². The molecule has 2 N–H and O–H groups in total. The zero-order chi connectivity index (χ0) is 22.8. The highest BCUT2D eigenvalue weighted by Gasteiger charge is 2.29. The Morgan fingerprint density at radius 2 is 1.82 bits per heavy atom. The zero-order valence-electron chi connectivity index (χ0n) is 18.7. The van der Waals surface area contributed by atoms with E-state index in [1.807, 2.05) is 54.1 Å². The van der Waals surface area contributed by atoms with Gasteiger partial charge in [0.25, 0.3) is 5.91 Å². The lowest BCUT2D eigenvalue weighted by atomic mass is 10.2. The smallest absolute Gasteiger partial charge is 0.251 e. The number of carbonyl (C=O) groups excluding carboxylic acids is 1. The Balaban J connectivity index is 1.39. The molecule has 4 aromatic rings. The maximum absolute atomic E-state index is 12.3. The molecule has 1 amide bonds. The van der Waals surface area contributed by atoms with Gasteiger partial charge in [0.2, 0.25) is 0 Å². The molecule has 0 spiro atoms. The van der Waals surface area contributed by atoms with Gasteiger partial charge in [-0.1, -0.05) is 18.2 Å². The number of aryl methyl sites for hydroxylation is 1. The number of nitrogens with one attached hydrogen (secondary N) is 2. The van der Waals surface area contributed by atoms with E-state index in [1.54, 1.807) is 19.2 Å². The van der Waals surface area contributed by atoms with Crippen LogP contribution >= 0.6 is 0 Å². The fourth-order valence-electron chi connectivity index (χ4n) is 3.80. The van der Waals surface area contributed by atoms with Gasteiger partial charge in [0.05, 0.1) is 23.9 Å². The van der Waals surface area contributed by atoms with E-state index in [-0.39, 0.29) is 5.91 Å². The summed E-state index contributed by atoms with van der Waals surface area (Å²) in [5, 5.41) is 12.0. The molecule has 0 saturated heterocycles.